The second-order valence-electron chi connectivity index (χ2n) is 4.53. The summed E-state index contributed by atoms with van der Waals surface area (Å²) < 4.78 is 47.1. The third-order valence-electron chi connectivity index (χ3n) is 2.86. The van der Waals surface area contributed by atoms with E-state index in [1.54, 1.807) is 25.1 Å². The van der Waals surface area contributed by atoms with E-state index in [0.717, 1.165) is 3.57 Å². The highest BCUT2D eigenvalue weighted by molar-refractivity contribution is 14.1. The van der Waals surface area contributed by atoms with Crippen molar-refractivity contribution in [2.45, 2.75) is 19.2 Å². The molecule has 1 aliphatic rings. The van der Waals surface area contributed by atoms with Crippen molar-refractivity contribution in [2.24, 2.45) is 0 Å². The lowest BCUT2D eigenvalue weighted by Crippen LogP contribution is -2.46. The number of nitrogens with zero attached hydrogens (tertiary/aromatic N) is 1. The van der Waals surface area contributed by atoms with Crippen LogP contribution < -0.4 is 9.64 Å². The number of benzene rings is 1. The molecular weight excluding hydrogens is 402 g/mol. The number of rotatable bonds is 4. The summed E-state index contributed by atoms with van der Waals surface area (Å²) in [6, 6.07) is 5.29. The summed E-state index contributed by atoms with van der Waals surface area (Å²) in [5.74, 6) is 0.254. The molecule has 116 valence electrons. The quantitative estimate of drug-likeness (QED) is 0.561. The van der Waals surface area contributed by atoms with Gasteiger partial charge in [0.25, 0.3) is 5.91 Å². The third kappa shape index (κ3) is 4.22. The van der Waals surface area contributed by atoms with Crippen molar-refractivity contribution in [1.29, 1.82) is 0 Å². The van der Waals surface area contributed by atoms with Crippen molar-refractivity contribution >= 4 is 34.2 Å². The lowest BCUT2D eigenvalue weighted by Gasteiger charge is -2.33. The normalized spacial score (nSPS) is 18.4. The van der Waals surface area contributed by atoms with E-state index < -0.39 is 18.9 Å². The van der Waals surface area contributed by atoms with Crippen LogP contribution >= 0.6 is 22.6 Å². The van der Waals surface area contributed by atoms with Crippen LogP contribution in [0.3, 0.4) is 0 Å². The molecule has 0 bridgehead atoms. The predicted molar refractivity (Wildman–Crippen MR) is 78.5 cm³/mol. The van der Waals surface area contributed by atoms with Crippen molar-refractivity contribution < 1.29 is 27.4 Å². The number of ether oxygens (including phenoxy) is 2. The first kappa shape index (κ1) is 16.3. The number of fused-ring (bicyclic) bond motifs is 1. The molecule has 4 nitrogen and oxygen atoms in total. The molecule has 0 saturated heterocycles. The first-order valence-electron chi connectivity index (χ1n) is 6.20. The molecule has 1 unspecified atom stereocenters. The molecular formula is C13H13F3INO3. The zero-order valence-corrected chi connectivity index (χ0v) is 13.3. The maximum atomic E-state index is 12.1. The largest absolute Gasteiger partial charge is 0.479 e. The molecule has 21 heavy (non-hydrogen) atoms. The van der Waals surface area contributed by atoms with Crippen molar-refractivity contribution in [2.75, 3.05) is 24.7 Å². The van der Waals surface area contributed by atoms with Crippen LogP contribution in [0, 0.1) is 3.57 Å². The van der Waals surface area contributed by atoms with Gasteiger partial charge in [-0.1, -0.05) is 0 Å². The molecule has 0 aliphatic carbocycles. The minimum atomic E-state index is -4.36. The summed E-state index contributed by atoms with van der Waals surface area (Å²) in [4.78, 5) is 13.5. The Balaban J connectivity index is 2.06. The van der Waals surface area contributed by atoms with Crippen LogP contribution in [-0.2, 0) is 9.53 Å². The SMILES string of the molecule is CC1Oc2cc(I)ccc2N(CCOCC(F)(F)F)C1=O. The average molecular weight is 415 g/mol. The molecule has 2 rings (SSSR count). The van der Waals surface area contributed by atoms with Gasteiger partial charge in [-0.05, 0) is 47.7 Å². The molecule has 8 heteroatoms. The van der Waals surface area contributed by atoms with Gasteiger partial charge in [-0.25, -0.2) is 0 Å². The zero-order valence-electron chi connectivity index (χ0n) is 11.1. The second-order valence-corrected chi connectivity index (χ2v) is 5.78. The van der Waals surface area contributed by atoms with E-state index in [2.05, 4.69) is 27.3 Å². The molecule has 0 saturated carbocycles. The Morgan fingerprint density at radius 3 is 2.81 bits per heavy atom. The van der Waals surface area contributed by atoms with Gasteiger partial charge >= 0.3 is 6.18 Å². The lowest BCUT2D eigenvalue weighted by molar-refractivity contribution is -0.173. The summed E-state index contributed by atoms with van der Waals surface area (Å²) in [7, 11) is 0. The van der Waals surface area contributed by atoms with Crippen molar-refractivity contribution in [1.82, 2.24) is 0 Å². The number of anilines is 1. The zero-order chi connectivity index (χ0) is 15.6. The molecule has 1 aliphatic heterocycles. The highest BCUT2D eigenvalue weighted by atomic mass is 127. The molecule has 1 atom stereocenters. The first-order chi connectivity index (χ1) is 9.78. The van der Waals surface area contributed by atoms with Crippen molar-refractivity contribution in [3.63, 3.8) is 0 Å². The van der Waals surface area contributed by atoms with Crippen LogP contribution in [0.1, 0.15) is 6.92 Å². The van der Waals surface area contributed by atoms with Crippen LogP contribution in [0.25, 0.3) is 0 Å². The summed E-state index contributed by atoms with van der Waals surface area (Å²) in [6.45, 7) is 0.148. The molecule has 1 amide bonds. The highest BCUT2D eigenvalue weighted by Gasteiger charge is 2.32. The number of carbonyl (C=O) groups is 1. The molecule has 1 heterocycles. The fourth-order valence-corrected chi connectivity index (χ4v) is 2.42. The monoisotopic (exact) mass is 415 g/mol. The van der Waals surface area contributed by atoms with Gasteiger partial charge in [-0.15, -0.1) is 0 Å². The molecule has 0 spiro atoms. The van der Waals surface area contributed by atoms with Gasteiger partial charge < -0.3 is 14.4 Å². The molecule has 0 aromatic heterocycles. The van der Waals surface area contributed by atoms with Gasteiger partial charge in [0.15, 0.2) is 6.10 Å². The average Bonchev–Trinajstić information content (AvgIpc) is 2.37. The minimum Gasteiger partial charge on any atom is -0.479 e. The van der Waals surface area contributed by atoms with Crippen molar-refractivity contribution in [3.8, 4) is 5.75 Å². The van der Waals surface area contributed by atoms with E-state index in [9.17, 15) is 18.0 Å². The van der Waals surface area contributed by atoms with E-state index in [0.29, 0.717) is 11.4 Å². The van der Waals surface area contributed by atoms with Gasteiger partial charge in [-0.2, -0.15) is 13.2 Å². The Labute approximate surface area is 133 Å². The standard InChI is InChI=1S/C13H13F3INO3/c1-8-12(19)18(4-5-20-7-13(14,15)16)10-3-2-9(17)6-11(10)21-8/h2-3,6,8H,4-5,7H2,1H3. The third-order valence-corrected chi connectivity index (χ3v) is 3.53. The summed E-state index contributed by atoms with van der Waals surface area (Å²) in [5, 5.41) is 0. The van der Waals surface area contributed by atoms with E-state index in [1.165, 1.54) is 4.90 Å². The molecule has 0 N–H and O–H groups in total. The number of amides is 1. The van der Waals surface area contributed by atoms with E-state index in [4.69, 9.17) is 4.74 Å². The smallest absolute Gasteiger partial charge is 0.411 e. The maximum absolute atomic E-state index is 12.1. The number of hydrogen-bond acceptors (Lipinski definition) is 3. The van der Waals surface area contributed by atoms with Crippen LogP contribution in [0.4, 0.5) is 18.9 Å². The fraction of sp³-hybridized carbons (Fsp3) is 0.462. The number of carbonyl (C=O) groups excluding carboxylic acids is 1. The van der Waals surface area contributed by atoms with Gasteiger partial charge in [0.05, 0.1) is 12.3 Å². The van der Waals surface area contributed by atoms with Crippen LogP contribution in [-0.4, -0.2) is 37.9 Å². The van der Waals surface area contributed by atoms with Gasteiger partial charge in [0.2, 0.25) is 0 Å². The molecule has 1 aromatic carbocycles. The Morgan fingerprint density at radius 2 is 2.14 bits per heavy atom. The van der Waals surface area contributed by atoms with Crippen LogP contribution in [0.15, 0.2) is 18.2 Å². The van der Waals surface area contributed by atoms with E-state index >= 15 is 0 Å². The van der Waals surface area contributed by atoms with Gasteiger partial charge in [0.1, 0.15) is 12.4 Å². The van der Waals surface area contributed by atoms with Crippen molar-refractivity contribution in [3.05, 3.63) is 21.8 Å². The van der Waals surface area contributed by atoms with E-state index in [-0.39, 0.29) is 19.1 Å². The minimum absolute atomic E-state index is 0.0518. The number of alkyl halides is 3. The summed E-state index contributed by atoms with van der Waals surface area (Å²) in [6.07, 6.45) is -5.03. The highest BCUT2D eigenvalue weighted by Crippen LogP contribution is 2.35. The summed E-state index contributed by atoms with van der Waals surface area (Å²) >= 11 is 2.12. The molecule has 1 aromatic rings. The molecule has 0 fully saturated rings. The Morgan fingerprint density at radius 1 is 1.43 bits per heavy atom. The lowest BCUT2D eigenvalue weighted by atomic mass is 10.2. The number of hydrogen-bond donors (Lipinski definition) is 0. The van der Waals surface area contributed by atoms with Crippen LogP contribution in [0.5, 0.6) is 5.75 Å². The Bertz CT molecular complexity index is 536. The summed E-state index contributed by atoms with van der Waals surface area (Å²) in [5.41, 5.74) is 0.550. The first-order valence-corrected chi connectivity index (χ1v) is 7.28. The Kier molecular flexibility index (Phi) is 4.97. The maximum Gasteiger partial charge on any atom is 0.411 e. The topological polar surface area (TPSA) is 38.8 Å². The van der Waals surface area contributed by atoms with Gasteiger partial charge in [0, 0.05) is 10.1 Å². The molecule has 0 radical (unpaired) electrons. The fourth-order valence-electron chi connectivity index (χ4n) is 1.96. The predicted octanol–water partition coefficient (Wildman–Crippen LogP) is 2.98. The van der Waals surface area contributed by atoms with Crippen LogP contribution in [0.2, 0.25) is 0 Å². The number of halogens is 4. The Hall–Kier alpha value is -1.03. The van der Waals surface area contributed by atoms with E-state index in [1.807, 2.05) is 0 Å². The second kappa shape index (κ2) is 6.39. The van der Waals surface area contributed by atoms with Gasteiger partial charge in [-0.3, -0.25) is 4.79 Å².